The average Bonchev–Trinajstić information content (AvgIpc) is 3.34. The van der Waals surface area contributed by atoms with Crippen LogP contribution in [-0.2, 0) is 11.3 Å². The predicted octanol–water partition coefficient (Wildman–Crippen LogP) is 3.15. The summed E-state index contributed by atoms with van der Waals surface area (Å²) in [5.74, 6) is 0. The molecular weight excluding hydrogens is 414 g/mol. The number of hydrogen-bond acceptors (Lipinski definition) is 7. The number of fused-ring (bicyclic) bond motifs is 1. The van der Waals surface area contributed by atoms with Crippen molar-refractivity contribution in [1.29, 1.82) is 0 Å². The minimum absolute atomic E-state index is 0.817. The summed E-state index contributed by atoms with van der Waals surface area (Å²) in [6.45, 7) is 8.54. The van der Waals surface area contributed by atoms with Gasteiger partial charge in [-0.15, -0.1) is 0 Å². The largest absolute Gasteiger partial charge is 0.379 e. The Hall–Kier alpha value is -3.20. The van der Waals surface area contributed by atoms with Crippen LogP contribution in [-0.4, -0.2) is 81.4 Å². The lowest BCUT2D eigenvalue weighted by atomic mass is 10.1. The first-order chi connectivity index (χ1) is 16.2. The maximum Gasteiger partial charge on any atom is 0.0939 e. The second-order valence-electron chi connectivity index (χ2n) is 8.55. The molecule has 5 heterocycles. The lowest BCUT2D eigenvalue weighted by molar-refractivity contribution is 0.0342. The first-order valence-electron chi connectivity index (χ1n) is 11.4. The zero-order valence-corrected chi connectivity index (χ0v) is 19.2. The summed E-state index contributed by atoms with van der Waals surface area (Å²) in [7, 11) is 2.16. The molecule has 0 aliphatic carbocycles. The van der Waals surface area contributed by atoms with Crippen molar-refractivity contribution in [2.24, 2.45) is 0 Å². The fraction of sp³-hybridized carbons (Fsp3) is 0.360. The standard InChI is InChI=1S/C25H29N7O/c1-18-4-3-5-23(28-18)25-20(16-27-30-25)21-6-7-22-24(29-21)19(8-9-26-22)17-31(2)10-11-32-12-14-33-15-13-32/h3-9,16H,10-15,17H2,1-2H3,(H,27,30). The number of rotatable bonds is 7. The normalized spacial score (nSPS) is 14.9. The third kappa shape index (κ3) is 4.93. The molecule has 0 amide bonds. The molecule has 0 saturated carbocycles. The van der Waals surface area contributed by atoms with E-state index in [-0.39, 0.29) is 0 Å². The van der Waals surface area contributed by atoms with Gasteiger partial charge < -0.3 is 9.64 Å². The van der Waals surface area contributed by atoms with E-state index in [9.17, 15) is 0 Å². The van der Waals surface area contributed by atoms with Crippen LogP contribution in [0.3, 0.4) is 0 Å². The average molecular weight is 444 g/mol. The minimum Gasteiger partial charge on any atom is -0.379 e. The number of aromatic nitrogens is 5. The molecular formula is C25H29N7O. The molecule has 0 aromatic carbocycles. The van der Waals surface area contributed by atoms with E-state index in [1.54, 1.807) is 0 Å². The lowest BCUT2D eigenvalue weighted by Crippen LogP contribution is -2.40. The van der Waals surface area contributed by atoms with Gasteiger partial charge in [-0.05, 0) is 49.9 Å². The van der Waals surface area contributed by atoms with E-state index < -0.39 is 0 Å². The number of ether oxygens (including phenoxy) is 1. The topological polar surface area (TPSA) is 83.1 Å². The Morgan fingerprint density at radius 1 is 1.06 bits per heavy atom. The van der Waals surface area contributed by atoms with Crippen molar-refractivity contribution >= 4 is 11.0 Å². The maximum absolute atomic E-state index is 5.45. The Balaban J connectivity index is 1.40. The number of likely N-dealkylation sites (N-methyl/N-ethyl adjacent to an activating group) is 1. The molecule has 0 radical (unpaired) electrons. The quantitative estimate of drug-likeness (QED) is 0.470. The van der Waals surface area contributed by atoms with Crippen LogP contribution >= 0.6 is 0 Å². The number of morpholine rings is 1. The molecule has 4 aromatic heterocycles. The van der Waals surface area contributed by atoms with Crippen molar-refractivity contribution in [1.82, 2.24) is 34.9 Å². The van der Waals surface area contributed by atoms with E-state index >= 15 is 0 Å². The van der Waals surface area contributed by atoms with E-state index in [0.717, 1.165) is 85.3 Å². The Kier molecular flexibility index (Phi) is 6.39. The summed E-state index contributed by atoms with van der Waals surface area (Å²) < 4.78 is 5.45. The molecule has 1 saturated heterocycles. The Bertz CT molecular complexity index is 1230. The van der Waals surface area contributed by atoms with Gasteiger partial charge in [0.2, 0.25) is 0 Å². The molecule has 0 bridgehead atoms. The second kappa shape index (κ2) is 9.74. The van der Waals surface area contributed by atoms with Gasteiger partial charge in [0, 0.05) is 50.2 Å². The highest BCUT2D eigenvalue weighted by molar-refractivity contribution is 5.84. The van der Waals surface area contributed by atoms with Crippen LogP contribution in [0.5, 0.6) is 0 Å². The molecule has 0 spiro atoms. The molecule has 4 aromatic rings. The van der Waals surface area contributed by atoms with Crippen LogP contribution in [0.25, 0.3) is 33.7 Å². The van der Waals surface area contributed by atoms with Crippen LogP contribution in [0.1, 0.15) is 11.3 Å². The summed E-state index contributed by atoms with van der Waals surface area (Å²) >= 11 is 0. The molecule has 1 N–H and O–H groups in total. The van der Waals surface area contributed by atoms with Gasteiger partial charge in [-0.3, -0.25) is 20.0 Å². The fourth-order valence-electron chi connectivity index (χ4n) is 4.22. The van der Waals surface area contributed by atoms with Gasteiger partial charge in [0.05, 0.1) is 47.5 Å². The molecule has 1 fully saturated rings. The van der Waals surface area contributed by atoms with E-state index in [0.29, 0.717) is 0 Å². The number of H-pyrrole nitrogens is 1. The predicted molar refractivity (Wildman–Crippen MR) is 129 cm³/mol. The molecule has 8 nitrogen and oxygen atoms in total. The van der Waals surface area contributed by atoms with Gasteiger partial charge in [0.15, 0.2) is 0 Å². The van der Waals surface area contributed by atoms with Crippen molar-refractivity contribution in [3.63, 3.8) is 0 Å². The first kappa shape index (κ1) is 21.6. The van der Waals surface area contributed by atoms with Crippen molar-refractivity contribution in [2.45, 2.75) is 13.5 Å². The smallest absolute Gasteiger partial charge is 0.0939 e. The van der Waals surface area contributed by atoms with Crippen LogP contribution in [0.2, 0.25) is 0 Å². The molecule has 33 heavy (non-hydrogen) atoms. The monoisotopic (exact) mass is 443 g/mol. The zero-order valence-electron chi connectivity index (χ0n) is 19.2. The van der Waals surface area contributed by atoms with Crippen LogP contribution in [0.4, 0.5) is 0 Å². The van der Waals surface area contributed by atoms with Gasteiger partial charge >= 0.3 is 0 Å². The van der Waals surface area contributed by atoms with Gasteiger partial charge in [0.25, 0.3) is 0 Å². The van der Waals surface area contributed by atoms with Crippen LogP contribution < -0.4 is 0 Å². The highest BCUT2D eigenvalue weighted by Crippen LogP contribution is 2.29. The van der Waals surface area contributed by atoms with Crippen molar-refractivity contribution < 1.29 is 4.74 Å². The summed E-state index contributed by atoms with van der Waals surface area (Å²) in [6, 6.07) is 12.1. The number of hydrogen-bond donors (Lipinski definition) is 1. The van der Waals surface area contributed by atoms with Crippen molar-refractivity contribution in [3.8, 4) is 22.6 Å². The van der Waals surface area contributed by atoms with E-state index in [2.05, 4.69) is 43.1 Å². The SMILES string of the molecule is Cc1cccc(-c2[nH]ncc2-c2ccc3nccc(CN(C)CCN4CCOCC4)c3n2)n1. The summed E-state index contributed by atoms with van der Waals surface area (Å²) in [4.78, 5) is 19.0. The summed E-state index contributed by atoms with van der Waals surface area (Å²) in [6.07, 6.45) is 3.69. The highest BCUT2D eigenvalue weighted by Gasteiger charge is 2.15. The Morgan fingerprint density at radius 3 is 2.79 bits per heavy atom. The van der Waals surface area contributed by atoms with Crippen molar-refractivity contribution in [2.75, 3.05) is 46.4 Å². The summed E-state index contributed by atoms with van der Waals surface area (Å²) in [5, 5.41) is 7.38. The van der Waals surface area contributed by atoms with Crippen molar-refractivity contribution in [3.05, 3.63) is 60.0 Å². The number of aryl methyl sites for hydroxylation is 1. The van der Waals surface area contributed by atoms with Gasteiger partial charge in [-0.25, -0.2) is 4.98 Å². The molecule has 5 rings (SSSR count). The number of nitrogens with zero attached hydrogens (tertiary/aromatic N) is 6. The third-order valence-electron chi connectivity index (χ3n) is 6.07. The molecule has 0 atom stereocenters. The number of pyridine rings is 3. The second-order valence-corrected chi connectivity index (χ2v) is 8.55. The van der Waals surface area contributed by atoms with E-state index in [4.69, 9.17) is 9.72 Å². The van der Waals surface area contributed by atoms with Gasteiger partial charge in [-0.2, -0.15) is 5.10 Å². The molecule has 8 heteroatoms. The zero-order chi connectivity index (χ0) is 22.6. The molecule has 170 valence electrons. The highest BCUT2D eigenvalue weighted by atomic mass is 16.5. The number of aromatic amines is 1. The first-order valence-corrected chi connectivity index (χ1v) is 11.4. The van der Waals surface area contributed by atoms with E-state index in [1.807, 2.05) is 49.6 Å². The minimum atomic E-state index is 0.817. The summed E-state index contributed by atoms with van der Waals surface area (Å²) in [5.41, 5.74) is 7.49. The van der Waals surface area contributed by atoms with Crippen LogP contribution in [0, 0.1) is 6.92 Å². The van der Waals surface area contributed by atoms with E-state index in [1.165, 1.54) is 5.56 Å². The van der Waals surface area contributed by atoms with Gasteiger partial charge in [-0.1, -0.05) is 6.07 Å². The Morgan fingerprint density at radius 2 is 1.94 bits per heavy atom. The molecule has 1 aliphatic heterocycles. The molecule has 1 aliphatic rings. The fourth-order valence-corrected chi connectivity index (χ4v) is 4.22. The third-order valence-corrected chi connectivity index (χ3v) is 6.07. The maximum atomic E-state index is 5.45. The lowest BCUT2D eigenvalue weighted by Gasteiger charge is -2.28. The van der Waals surface area contributed by atoms with Gasteiger partial charge in [0.1, 0.15) is 0 Å². The Labute approximate surface area is 193 Å². The number of nitrogens with one attached hydrogen (secondary N) is 1. The van der Waals surface area contributed by atoms with Crippen LogP contribution in [0.15, 0.2) is 48.8 Å². The molecule has 0 unspecified atom stereocenters.